The van der Waals surface area contributed by atoms with Crippen LogP contribution in [-0.2, 0) is 0 Å². The van der Waals surface area contributed by atoms with Gasteiger partial charge in [-0.15, -0.1) is 0 Å². The van der Waals surface area contributed by atoms with Crippen LogP contribution in [0.2, 0.25) is 0 Å². The maximum Gasteiger partial charge on any atom is 0.261 e. The molecule has 0 bridgehead atoms. The van der Waals surface area contributed by atoms with Crippen molar-refractivity contribution in [2.45, 2.75) is 32.7 Å². The maximum atomic E-state index is 12.1. The number of nitrogens with one attached hydrogen (secondary N) is 2. The zero-order valence-corrected chi connectivity index (χ0v) is 12.3. The minimum Gasteiger partial charge on any atom is -0.349 e. The van der Waals surface area contributed by atoms with Crippen molar-refractivity contribution in [1.82, 2.24) is 10.3 Å². The topological polar surface area (TPSA) is 62.0 Å². The first-order chi connectivity index (χ1) is 10.1. The summed E-state index contributed by atoms with van der Waals surface area (Å²) < 4.78 is 0. The SMILES string of the molecule is CCC[C@@H](C)NC(=O)c1ccc(-c2ccccc2)[nH]c1=O. The summed E-state index contributed by atoms with van der Waals surface area (Å²) in [6.07, 6.45) is 1.89. The largest absolute Gasteiger partial charge is 0.349 e. The van der Waals surface area contributed by atoms with Gasteiger partial charge < -0.3 is 10.3 Å². The average molecular weight is 284 g/mol. The van der Waals surface area contributed by atoms with Crippen molar-refractivity contribution in [3.05, 3.63) is 58.4 Å². The Balaban J connectivity index is 2.20. The van der Waals surface area contributed by atoms with Crippen LogP contribution in [0, 0.1) is 0 Å². The molecule has 1 amide bonds. The van der Waals surface area contributed by atoms with Crippen molar-refractivity contribution in [3.8, 4) is 11.3 Å². The Bertz CT molecular complexity index is 662. The van der Waals surface area contributed by atoms with Crippen molar-refractivity contribution in [2.75, 3.05) is 0 Å². The minimum absolute atomic E-state index is 0.0655. The van der Waals surface area contributed by atoms with Gasteiger partial charge in [-0.05, 0) is 31.0 Å². The summed E-state index contributed by atoms with van der Waals surface area (Å²) in [5.41, 5.74) is 1.41. The molecule has 0 aliphatic carbocycles. The first-order valence-corrected chi connectivity index (χ1v) is 7.21. The zero-order chi connectivity index (χ0) is 15.2. The lowest BCUT2D eigenvalue weighted by atomic mass is 10.1. The fourth-order valence-electron chi connectivity index (χ4n) is 2.25. The Morgan fingerprint density at radius 2 is 1.90 bits per heavy atom. The second kappa shape index (κ2) is 6.88. The van der Waals surface area contributed by atoms with Gasteiger partial charge in [-0.2, -0.15) is 0 Å². The van der Waals surface area contributed by atoms with E-state index in [-0.39, 0.29) is 23.1 Å². The first kappa shape index (κ1) is 15.0. The molecule has 1 atom stereocenters. The summed E-state index contributed by atoms with van der Waals surface area (Å²) in [5.74, 6) is -0.322. The third-order valence-corrected chi connectivity index (χ3v) is 3.34. The second-order valence-corrected chi connectivity index (χ2v) is 5.14. The lowest BCUT2D eigenvalue weighted by molar-refractivity contribution is 0.0937. The van der Waals surface area contributed by atoms with Gasteiger partial charge in [-0.3, -0.25) is 9.59 Å². The maximum absolute atomic E-state index is 12.1. The molecule has 2 N–H and O–H groups in total. The Morgan fingerprint density at radius 3 is 2.52 bits per heavy atom. The number of carbonyl (C=O) groups excluding carboxylic acids is 1. The van der Waals surface area contributed by atoms with E-state index in [1.165, 1.54) is 0 Å². The molecule has 2 rings (SSSR count). The number of carbonyl (C=O) groups is 1. The predicted octanol–water partition coefficient (Wildman–Crippen LogP) is 2.96. The number of benzene rings is 1. The minimum atomic E-state index is -0.363. The van der Waals surface area contributed by atoms with E-state index in [1.807, 2.05) is 37.3 Å². The van der Waals surface area contributed by atoms with E-state index in [0.29, 0.717) is 5.69 Å². The normalized spacial score (nSPS) is 11.9. The highest BCUT2D eigenvalue weighted by atomic mass is 16.2. The molecule has 1 heterocycles. The van der Waals surface area contributed by atoms with E-state index in [0.717, 1.165) is 18.4 Å². The van der Waals surface area contributed by atoms with Gasteiger partial charge in [-0.25, -0.2) is 0 Å². The molecule has 0 fully saturated rings. The van der Waals surface area contributed by atoms with Crippen LogP contribution in [0.25, 0.3) is 11.3 Å². The number of rotatable bonds is 5. The smallest absolute Gasteiger partial charge is 0.261 e. The van der Waals surface area contributed by atoms with Crippen LogP contribution in [0.1, 0.15) is 37.0 Å². The Kier molecular flexibility index (Phi) is 4.93. The lowest BCUT2D eigenvalue weighted by Crippen LogP contribution is -2.35. The predicted molar refractivity (Wildman–Crippen MR) is 84.3 cm³/mol. The van der Waals surface area contributed by atoms with Crippen LogP contribution in [0.15, 0.2) is 47.3 Å². The molecule has 110 valence electrons. The highest BCUT2D eigenvalue weighted by Gasteiger charge is 2.13. The van der Waals surface area contributed by atoms with E-state index >= 15 is 0 Å². The number of amides is 1. The van der Waals surface area contributed by atoms with Gasteiger partial charge in [-0.1, -0.05) is 43.7 Å². The third kappa shape index (κ3) is 3.81. The molecule has 1 aromatic carbocycles. The molecule has 0 unspecified atom stereocenters. The average Bonchev–Trinajstić information content (AvgIpc) is 2.48. The lowest BCUT2D eigenvalue weighted by Gasteiger charge is -2.12. The van der Waals surface area contributed by atoms with E-state index in [2.05, 4.69) is 17.2 Å². The van der Waals surface area contributed by atoms with E-state index < -0.39 is 0 Å². The quantitative estimate of drug-likeness (QED) is 0.886. The molecule has 4 nitrogen and oxygen atoms in total. The van der Waals surface area contributed by atoms with E-state index in [9.17, 15) is 9.59 Å². The summed E-state index contributed by atoms with van der Waals surface area (Å²) >= 11 is 0. The molecule has 21 heavy (non-hydrogen) atoms. The number of pyridine rings is 1. The summed E-state index contributed by atoms with van der Waals surface area (Å²) in [4.78, 5) is 26.9. The van der Waals surface area contributed by atoms with Crippen LogP contribution >= 0.6 is 0 Å². The Labute approximate surface area is 124 Å². The van der Waals surface area contributed by atoms with Crippen molar-refractivity contribution in [1.29, 1.82) is 0 Å². The molecule has 0 radical (unpaired) electrons. The van der Waals surface area contributed by atoms with Crippen LogP contribution < -0.4 is 10.9 Å². The number of aromatic amines is 1. The van der Waals surface area contributed by atoms with E-state index in [4.69, 9.17) is 0 Å². The summed E-state index contributed by atoms with van der Waals surface area (Å²) in [5, 5.41) is 2.84. The van der Waals surface area contributed by atoms with Crippen LogP contribution in [0.3, 0.4) is 0 Å². The zero-order valence-electron chi connectivity index (χ0n) is 12.3. The summed E-state index contributed by atoms with van der Waals surface area (Å²) in [6.45, 7) is 4.00. The monoisotopic (exact) mass is 284 g/mol. The van der Waals surface area contributed by atoms with Gasteiger partial charge in [0, 0.05) is 11.7 Å². The fraction of sp³-hybridized carbons (Fsp3) is 0.294. The number of H-pyrrole nitrogens is 1. The molecule has 0 saturated heterocycles. The molecule has 4 heteroatoms. The Morgan fingerprint density at radius 1 is 1.19 bits per heavy atom. The summed E-state index contributed by atoms with van der Waals surface area (Å²) in [6, 6.07) is 12.9. The molecule has 0 saturated carbocycles. The standard InChI is InChI=1S/C17H20N2O2/c1-3-7-12(2)18-16(20)14-10-11-15(19-17(14)21)13-8-5-4-6-9-13/h4-6,8-12H,3,7H2,1-2H3,(H,18,20)(H,19,21)/t12-/m1/s1. The fourth-order valence-corrected chi connectivity index (χ4v) is 2.25. The molecule has 1 aromatic heterocycles. The molecule has 0 spiro atoms. The number of hydrogen-bond acceptors (Lipinski definition) is 2. The van der Waals surface area contributed by atoms with Crippen molar-refractivity contribution in [2.24, 2.45) is 0 Å². The number of hydrogen-bond donors (Lipinski definition) is 2. The van der Waals surface area contributed by atoms with Crippen molar-refractivity contribution in [3.63, 3.8) is 0 Å². The van der Waals surface area contributed by atoms with Crippen LogP contribution in [-0.4, -0.2) is 16.9 Å². The Hall–Kier alpha value is -2.36. The molecule has 2 aromatic rings. The van der Waals surface area contributed by atoms with Gasteiger partial charge in [0.15, 0.2) is 0 Å². The second-order valence-electron chi connectivity index (χ2n) is 5.14. The van der Waals surface area contributed by atoms with Crippen molar-refractivity contribution < 1.29 is 4.79 Å². The first-order valence-electron chi connectivity index (χ1n) is 7.21. The molecule has 0 aliphatic rings. The van der Waals surface area contributed by atoms with Gasteiger partial charge in [0.25, 0.3) is 11.5 Å². The number of aromatic nitrogens is 1. The molecule has 0 aliphatic heterocycles. The van der Waals surface area contributed by atoms with E-state index in [1.54, 1.807) is 12.1 Å². The molecular formula is C17H20N2O2. The van der Waals surface area contributed by atoms with Gasteiger partial charge >= 0.3 is 0 Å². The highest BCUT2D eigenvalue weighted by molar-refractivity contribution is 5.94. The highest BCUT2D eigenvalue weighted by Crippen LogP contribution is 2.14. The van der Waals surface area contributed by atoms with Gasteiger partial charge in [0.1, 0.15) is 5.56 Å². The van der Waals surface area contributed by atoms with Crippen molar-refractivity contribution >= 4 is 5.91 Å². The van der Waals surface area contributed by atoms with Gasteiger partial charge in [0.2, 0.25) is 0 Å². The van der Waals surface area contributed by atoms with Crippen LogP contribution in [0.5, 0.6) is 0 Å². The third-order valence-electron chi connectivity index (χ3n) is 3.34. The van der Waals surface area contributed by atoms with Gasteiger partial charge in [0.05, 0.1) is 0 Å². The summed E-state index contributed by atoms with van der Waals surface area (Å²) in [7, 11) is 0. The molecular weight excluding hydrogens is 264 g/mol. The van der Waals surface area contributed by atoms with Crippen LogP contribution in [0.4, 0.5) is 0 Å².